The number of hydrogen-bond donors (Lipinski definition) is 0. The van der Waals surface area contributed by atoms with Gasteiger partial charge in [0.2, 0.25) is 0 Å². The van der Waals surface area contributed by atoms with E-state index in [2.05, 4.69) is 36.9 Å². The molecule has 72 heavy (non-hydrogen) atoms. The fraction of sp³-hybridized carbons (Fsp3) is 0.0667. The van der Waals surface area contributed by atoms with E-state index in [1.807, 2.05) is 48.5 Å². The van der Waals surface area contributed by atoms with Crippen molar-refractivity contribution in [3.8, 4) is 17.2 Å². The first-order valence-corrected chi connectivity index (χ1v) is 21.7. The Morgan fingerprint density at radius 3 is 0.625 bits per heavy atom. The normalized spacial score (nSPS) is 11.2. The van der Waals surface area contributed by atoms with Crippen LogP contribution < -0.4 is 36.1 Å². The molecule has 0 N–H and O–H groups in total. The van der Waals surface area contributed by atoms with E-state index in [-0.39, 0.29) is 0 Å². The first-order chi connectivity index (χ1) is 33.8. The van der Waals surface area contributed by atoms with Crippen LogP contribution >= 0.6 is 21.6 Å². The Morgan fingerprint density at radius 2 is 0.444 bits per heavy atom. The highest BCUT2D eigenvalue weighted by Crippen LogP contribution is 2.38. The van der Waals surface area contributed by atoms with Gasteiger partial charge in [0.05, 0.1) is 21.3 Å². The largest absolute Gasteiger partial charge is 0.497 e. The van der Waals surface area contributed by atoms with Crippen molar-refractivity contribution in [3.05, 3.63) is 189 Å². The van der Waals surface area contributed by atoms with Crippen LogP contribution in [0, 0.1) is 116 Å². The molecule has 0 aliphatic carbocycles. The zero-order valence-corrected chi connectivity index (χ0v) is 38.2. The number of methoxy groups -OCH3 is 3. The first-order valence-electron chi connectivity index (χ1n) is 19.1. The average molecular weight is 1100 g/mol. The van der Waals surface area contributed by atoms with Crippen LogP contribution in [0.4, 0.5) is 87.8 Å². The quantitative estimate of drug-likeness (QED) is 0.0340. The summed E-state index contributed by atoms with van der Waals surface area (Å²) >= 11 is 3.37. The van der Waals surface area contributed by atoms with Crippen molar-refractivity contribution in [2.45, 2.75) is 14.7 Å². The van der Waals surface area contributed by atoms with Crippen LogP contribution in [0.3, 0.4) is 0 Å². The molecule has 0 amide bonds. The fourth-order valence-electron chi connectivity index (χ4n) is 6.82. The topological polar surface area (TPSA) is 27.7 Å². The van der Waals surface area contributed by atoms with Gasteiger partial charge in [0.1, 0.15) is 69.9 Å². The minimum absolute atomic E-state index is 0.883. The van der Waals surface area contributed by atoms with E-state index in [1.54, 1.807) is 42.9 Å². The summed E-state index contributed by atoms with van der Waals surface area (Å²) in [7, 11) is 8.46. The van der Waals surface area contributed by atoms with Crippen molar-refractivity contribution in [3.63, 3.8) is 0 Å². The summed E-state index contributed by atoms with van der Waals surface area (Å²) in [6, 6.07) is 23.8. The van der Waals surface area contributed by atoms with Gasteiger partial charge in [-0.1, -0.05) is 21.6 Å². The van der Waals surface area contributed by atoms with E-state index in [0.29, 0.717) is 0 Å². The second kappa shape index (κ2) is 23.0. The molecule has 27 heteroatoms. The summed E-state index contributed by atoms with van der Waals surface area (Å²) in [5, 5.41) is 0. The van der Waals surface area contributed by atoms with Gasteiger partial charge in [0.25, 0.3) is 0 Å². The molecule has 0 fully saturated rings. The third-order valence-corrected chi connectivity index (χ3v) is 12.9. The zero-order valence-electron chi connectivity index (χ0n) is 35.6. The van der Waals surface area contributed by atoms with Crippen molar-refractivity contribution in [2.75, 3.05) is 21.3 Å². The molecule has 0 bridgehead atoms. The fourth-order valence-corrected chi connectivity index (χ4v) is 8.92. The minimum atomic E-state index is -7.22. The molecular formula is C45H23BF20O3S3. The Labute approximate surface area is 405 Å². The molecule has 7 aromatic carbocycles. The summed E-state index contributed by atoms with van der Waals surface area (Å²) in [6.45, 7) is 0. The van der Waals surface area contributed by atoms with E-state index in [4.69, 9.17) is 14.2 Å². The van der Waals surface area contributed by atoms with Gasteiger partial charge in [-0.2, -0.15) is 0 Å². The molecule has 0 aromatic heterocycles. The maximum absolute atomic E-state index is 15.4. The van der Waals surface area contributed by atoms with Crippen LogP contribution in [0.5, 0.6) is 17.2 Å². The third-order valence-electron chi connectivity index (χ3n) is 10.2. The highest BCUT2D eigenvalue weighted by Gasteiger charge is 2.52. The standard InChI is InChI=1S/C24BF20.C14H14O2S2.C7H8OS/c26-5-1(6(27)14(35)21(42)13(5)34)25(2-7(28)15(36)22(43)16(37)8(2)29,3-9(30)17(38)23(44)18(39)10(3)31)4-11(32)19(40)24(45)20(41)12(4)33;1-15-11-3-7-13(8-4-11)17-18-14-9-5-12(16-2)6-10-14;1-8-6-2-4-7(9)5-3-6/h;3-10H,1-2H3;2-5,9H,1H3/q-1;;/p+1. The molecule has 382 valence electrons. The van der Waals surface area contributed by atoms with Crippen LogP contribution in [-0.2, 0) is 12.6 Å². The number of rotatable bonds is 10. The summed E-state index contributed by atoms with van der Waals surface area (Å²) in [4.78, 5) is 3.48. The van der Waals surface area contributed by atoms with Crippen LogP contribution in [0.25, 0.3) is 0 Å². The van der Waals surface area contributed by atoms with Crippen LogP contribution in [0.1, 0.15) is 0 Å². The number of hydrogen-bond acceptors (Lipinski definition) is 5. The molecule has 0 aliphatic rings. The average Bonchev–Trinajstić information content (AvgIpc) is 3.38. The maximum Gasteiger partial charge on any atom is 0.200 e. The van der Waals surface area contributed by atoms with E-state index in [9.17, 15) is 52.7 Å². The Balaban J connectivity index is 0.000000288. The highest BCUT2D eigenvalue weighted by atomic mass is 33.1. The summed E-state index contributed by atoms with van der Waals surface area (Å²) in [6.07, 6.45) is -7.22. The first kappa shape index (κ1) is 56.6. The number of benzene rings is 7. The molecule has 0 unspecified atom stereocenters. The van der Waals surface area contributed by atoms with E-state index in [0.717, 1.165) is 22.1 Å². The van der Waals surface area contributed by atoms with Gasteiger partial charge in [0, 0.05) is 9.79 Å². The number of ether oxygens (including phenoxy) is 3. The molecule has 0 saturated heterocycles. The Kier molecular flexibility index (Phi) is 18.1. The molecular weight excluding hydrogens is 1080 g/mol. The lowest BCUT2D eigenvalue weighted by atomic mass is 9.12. The predicted octanol–water partition coefficient (Wildman–Crippen LogP) is 11.4. The number of halogens is 20. The molecule has 0 aliphatic heterocycles. The predicted molar refractivity (Wildman–Crippen MR) is 228 cm³/mol. The zero-order chi connectivity index (χ0) is 53.8. The summed E-state index contributed by atoms with van der Waals surface area (Å²) < 4.78 is 309. The van der Waals surface area contributed by atoms with Crippen LogP contribution in [0.15, 0.2) is 87.5 Å². The van der Waals surface area contributed by atoms with E-state index >= 15 is 35.1 Å². The van der Waals surface area contributed by atoms with Gasteiger partial charge < -0.3 is 14.2 Å². The Hall–Kier alpha value is -6.35. The second-order valence-electron chi connectivity index (χ2n) is 14.0. The molecule has 0 heterocycles. The third kappa shape index (κ3) is 10.4. The molecule has 3 nitrogen and oxygen atoms in total. The monoisotopic (exact) mass is 1100 g/mol. The maximum atomic E-state index is 15.4. The lowest BCUT2D eigenvalue weighted by Crippen LogP contribution is -2.81. The van der Waals surface area contributed by atoms with Gasteiger partial charge in [-0.05, 0) is 85.4 Å². The molecule has 0 radical (unpaired) electrons. The smallest absolute Gasteiger partial charge is 0.200 e. The van der Waals surface area contributed by atoms with E-state index < -0.39 is 144 Å². The molecule has 0 atom stereocenters. The van der Waals surface area contributed by atoms with Gasteiger partial charge in [-0.3, -0.25) is 0 Å². The van der Waals surface area contributed by atoms with Crippen molar-refractivity contribution in [1.82, 2.24) is 0 Å². The summed E-state index contributed by atoms with van der Waals surface area (Å²) in [5.41, 5.74) is -14.3. The molecule has 0 spiro atoms. The van der Waals surface area contributed by atoms with Crippen molar-refractivity contribution < 1.29 is 102 Å². The molecule has 0 saturated carbocycles. The van der Waals surface area contributed by atoms with Crippen molar-refractivity contribution >= 4 is 62.2 Å². The SMILES string of the molecule is COc1ccc(SSc2ccc(OC)cc2)cc1.COc1ccc([SH2+])cc1.Fc1c(F)c(F)c([B-](c2c(F)c(F)c(F)c(F)c2F)(c2c(F)c(F)c(F)c(F)c2F)c2c(F)c(F)c(F)c(F)c2F)c(F)c1F. The van der Waals surface area contributed by atoms with E-state index in [1.165, 1.54) is 9.79 Å². The van der Waals surface area contributed by atoms with Crippen LogP contribution in [0.2, 0.25) is 0 Å². The van der Waals surface area contributed by atoms with Crippen LogP contribution in [-0.4, -0.2) is 27.5 Å². The molecule has 7 rings (SSSR count). The van der Waals surface area contributed by atoms with Gasteiger partial charge in [0.15, 0.2) is 74.7 Å². The molecule has 7 aromatic rings. The lowest BCUT2D eigenvalue weighted by Gasteiger charge is -2.44. The lowest BCUT2D eigenvalue weighted by molar-refractivity contribution is 0.378. The van der Waals surface area contributed by atoms with Gasteiger partial charge >= 0.3 is 0 Å². The summed E-state index contributed by atoms with van der Waals surface area (Å²) in [5.74, 6) is -68.8. The van der Waals surface area contributed by atoms with Gasteiger partial charge in [-0.25, -0.2) is 87.8 Å². The second-order valence-corrected chi connectivity index (χ2v) is 16.9. The highest BCUT2D eigenvalue weighted by molar-refractivity contribution is 8.76. The van der Waals surface area contributed by atoms with Crippen molar-refractivity contribution in [1.29, 1.82) is 0 Å². The van der Waals surface area contributed by atoms with Gasteiger partial charge in [-0.15, -0.1) is 21.9 Å². The Bertz CT molecular complexity index is 2720. The Morgan fingerprint density at radius 1 is 0.278 bits per heavy atom. The minimum Gasteiger partial charge on any atom is -0.497 e. The van der Waals surface area contributed by atoms with Crippen molar-refractivity contribution in [2.24, 2.45) is 0 Å².